The fourth-order valence-electron chi connectivity index (χ4n) is 4.58. The van der Waals surface area contributed by atoms with Crippen LogP contribution in [0.3, 0.4) is 0 Å². The smallest absolute Gasteiger partial charge is 0.489 e. The van der Waals surface area contributed by atoms with Crippen molar-refractivity contribution in [2.45, 2.75) is 0 Å². The van der Waals surface area contributed by atoms with Crippen LogP contribution in [0.25, 0.3) is 33.4 Å². The number of hydrogen-bond donors (Lipinski definition) is 0. The molecule has 0 amide bonds. The van der Waals surface area contributed by atoms with Gasteiger partial charge >= 0.3 is 7.32 Å². The van der Waals surface area contributed by atoms with E-state index >= 15 is 0 Å². The first-order chi connectivity index (χ1) is 22.9. The molecule has 0 saturated heterocycles. The van der Waals surface area contributed by atoms with E-state index in [2.05, 4.69) is 87.8 Å². The van der Waals surface area contributed by atoms with Gasteiger partial charge in [0.05, 0.1) is 21.1 Å². The Balaban J connectivity index is 0.000000301. The van der Waals surface area contributed by atoms with Crippen LogP contribution < -0.4 is 9.31 Å². The largest absolute Gasteiger partial charge is 0.873 e. The molecule has 0 saturated carbocycles. The van der Waals surface area contributed by atoms with Gasteiger partial charge in [0.2, 0.25) is 0 Å². The summed E-state index contributed by atoms with van der Waals surface area (Å²) in [7, 11) is 5.20. The molecule has 232 valence electrons. The van der Waals surface area contributed by atoms with Crippen molar-refractivity contribution in [2.24, 2.45) is 0 Å². The topological polar surface area (TPSA) is 27.7 Å². The number of quaternary nitrogens is 1. The summed E-state index contributed by atoms with van der Waals surface area (Å²) in [5.74, 6) is 4.29. The van der Waals surface area contributed by atoms with Crippen molar-refractivity contribution in [2.75, 3.05) is 27.7 Å². The van der Waals surface area contributed by atoms with Gasteiger partial charge in [-0.2, -0.15) is 30.3 Å². The van der Waals surface area contributed by atoms with Gasteiger partial charge in [-0.15, -0.1) is 5.56 Å². The molecule has 6 rings (SSSR count). The van der Waals surface area contributed by atoms with Crippen LogP contribution in [0.2, 0.25) is 0 Å². The predicted molar refractivity (Wildman–Crippen MR) is 193 cm³/mol. The Hall–Kier alpha value is -5.70. The van der Waals surface area contributed by atoms with Crippen molar-refractivity contribution in [3.8, 4) is 56.9 Å². The Morgan fingerprint density at radius 1 is 0.489 bits per heavy atom. The van der Waals surface area contributed by atoms with Gasteiger partial charge in [0.15, 0.2) is 0 Å². The van der Waals surface area contributed by atoms with Gasteiger partial charge in [-0.1, -0.05) is 115 Å². The van der Waals surface area contributed by atoms with Gasteiger partial charge in [-0.25, -0.2) is 0 Å². The highest BCUT2D eigenvalue weighted by molar-refractivity contribution is 6.39. The first-order valence-corrected chi connectivity index (χ1v) is 15.5. The zero-order chi connectivity index (χ0) is 32.7. The van der Waals surface area contributed by atoms with Crippen LogP contribution in [-0.4, -0.2) is 39.5 Å². The first-order valence-electron chi connectivity index (χ1n) is 15.5. The summed E-state index contributed by atoms with van der Waals surface area (Å²) in [4.78, 5) is 0. The van der Waals surface area contributed by atoms with E-state index in [1.54, 1.807) is 0 Å². The van der Waals surface area contributed by atoms with Crippen LogP contribution in [-0.2, 0) is 4.65 Å². The van der Waals surface area contributed by atoms with Crippen LogP contribution in [0.5, 0.6) is 11.5 Å². The van der Waals surface area contributed by atoms with E-state index in [-0.39, 0.29) is 0 Å². The number of rotatable bonds is 9. The van der Waals surface area contributed by atoms with Crippen LogP contribution in [0.15, 0.2) is 164 Å². The molecule has 0 aliphatic carbocycles. The van der Waals surface area contributed by atoms with E-state index in [9.17, 15) is 0 Å². The molecule has 0 N–H and O–H groups in total. The second-order valence-corrected chi connectivity index (χ2v) is 11.8. The van der Waals surface area contributed by atoms with Gasteiger partial charge in [0, 0.05) is 0 Å². The third-order valence-electron chi connectivity index (χ3n) is 6.99. The van der Waals surface area contributed by atoms with E-state index < -0.39 is 7.32 Å². The molecule has 6 aromatic rings. The molecule has 0 heterocycles. The van der Waals surface area contributed by atoms with Gasteiger partial charge in [-0.05, 0) is 58.0 Å². The summed E-state index contributed by atoms with van der Waals surface area (Å²) in [6, 6.07) is 57.4. The van der Waals surface area contributed by atoms with E-state index in [1.165, 1.54) is 11.1 Å². The molecule has 6 aromatic carbocycles. The lowest BCUT2D eigenvalue weighted by Crippen LogP contribution is -2.35. The van der Waals surface area contributed by atoms with Crippen LogP contribution in [0, 0.1) is 18.1 Å². The molecule has 5 heteroatoms. The van der Waals surface area contributed by atoms with Crippen LogP contribution >= 0.6 is 0 Å². The SMILES string of the molecule is C[N+](C)(C)CC#COB(Oc1ccc(-c2ccccc2)cc1)Oc1ccc(-c2ccccc2)cc1.[c-]1ccc(-c2ccccc2)cc1. The third kappa shape index (κ3) is 10.7. The maximum Gasteiger partial charge on any atom is 0.873 e. The Morgan fingerprint density at radius 3 is 1.23 bits per heavy atom. The zero-order valence-corrected chi connectivity index (χ0v) is 27.0. The van der Waals surface area contributed by atoms with Crippen molar-refractivity contribution in [3.63, 3.8) is 0 Å². The molecule has 0 atom stereocenters. The molecule has 0 aliphatic heterocycles. The minimum absolute atomic E-state index is 0.629. The average molecular weight is 616 g/mol. The van der Waals surface area contributed by atoms with Crippen LogP contribution in [0.4, 0.5) is 0 Å². The Labute approximate surface area is 279 Å². The molecule has 0 radical (unpaired) electrons. The summed E-state index contributed by atoms with van der Waals surface area (Å²) in [6.07, 6.45) is 2.74. The van der Waals surface area contributed by atoms with Gasteiger partial charge in [-0.3, -0.25) is 0 Å². The Morgan fingerprint density at radius 2 is 0.851 bits per heavy atom. The predicted octanol–water partition coefficient (Wildman–Crippen LogP) is 9.30. The summed E-state index contributed by atoms with van der Waals surface area (Å²) < 4.78 is 18.4. The molecule has 0 bridgehead atoms. The van der Waals surface area contributed by atoms with Crippen molar-refractivity contribution < 1.29 is 18.4 Å². The van der Waals surface area contributed by atoms with E-state index in [4.69, 9.17) is 14.0 Å². The molecular formula is C42H38BNO3. The molecule has 0 fully saturated rings. The minimum Gasteiger partial charge on any atom is -0.489 e. The van der Waals surface area contributed by atoms with Crippen molar-refractivity contribution in [1.82, 2.24) is 0 Å². The minimum atomic E-state index is -1.01. The standard InChI is InChI=1S/C30H29BNO3.C12H9/c1-32(2,3)23-10-24-33-31(34-29-19-15-27(16-20-29)25-11-6-4-7-12-25)35-30-21-17-28(18-22-30)26-13-8-5-9-14-26;1-3-7-11(8-4-1)12-9-5-2-6-10-12/h4-9,11-22H,23H2,1-3H3;1,3-10H/q+1;-1. The van der Waals surface area contributed by atoms with E-state index in [0.717, 1.165) is 22.3 Å². The van der Waals surface area contributed by atoms with Crippen molar-refractivity contribution in [3.05, 3.63) is 170 Å². The first kappa shape index (κ1) is 32.7. The molecule has 0 unspecified atom stereocenters. The maximum absolute atomic E-state index is 6.00. The van der Waals surface area contributed by atoms with Gasteiger partial charge in [0.1, 0.15) is 24.2 Å². The quantitative estimate of drug-likeness (QED) is 0.0702. The summed E-state index contributed by atoms with van der Waals surface area (Å²) in [5.41, 5.74) is 7.01. The molecule has 4 nitrogen and oxygen atoms in total. The average Bonchev–Trinajstić information content (AvgIpc) is 3.12. The second-order valence-electron chi connectivity index (χ2n) is 11.8. The normalized spacial score (nSPS) is 10.4. The van der Waals surface area contributed by atoms with Gasteiger partial charge in [0.25, 0.3) is 0 Å². The molecule has 47 heavy (non-hydrogen) atoms. The van der Waals surface area contributed by atoms with E-state index in [0.29, 0.717) is 22.5 Å². The van der Waals surface area contributed by atoms with Crippen molar-refractivity contribution >= 4 is 7.32 Å². The summed E-state index contributed by atoms with van der Waals surface area (Å²) >= 11 is 0. The lowest BCUT2D eigenvalue weighted by molar-refractivity contribution is -0.862. The fourth-order valence-corrected chi connectivity index (χ4v) is 4.58. The maximum atomic E-state index is 6.00. The zero-order valence-electron chi connectivity index (χ0n) is 27.0. The third-order valence-corrected chi connectivity index (χ3v) is 6.99. The molecule has 0 aliphatic rings. The number of benzene rings is 6. The van der Waals surface area contributed by atoms with Crippen molar-refractivity contribution in [1.29, 1.82) is 0 Å². The second kappa shape index (κ2) is 16.6. The molecular weight excluding hydrogens is 577 g/mol. The summed E-state index contributed by atoms with van der Waals surface area (Å²) in [5, 5.41) is 0. The molecule has 0 aromatic heterocycles. The molecule has 0 spiro atoms. The van der Waals surface area contributed by atoms with Crippen LogP contribution in [0.1, 0.15) is 0 Å². The number of hydrogen-bond acceptors (Lipinski definition) is 3. The fraction of sp³-hybridized carbons (Fsp3) is 0.0952. The lowest BCUT2D eigenvalue weighted by Gasteiger charge is -2.20. The number of nitrogens with zero attached hydrogens (tertiary/aromatic N) is 1. The highest BCUT2D eigenvalue weighted by Crippen LogP contribution is 2.25. The summed E-state index contributed by atoms with van der Waals surface area (Å²) in [6.45, 7) is 0.643. The van der Waals surface area contributed by atoms with Gasteiger partial charge < -0.3 is 18.4 Å². The Kier molecular flexibility index (Phi) is 11.5. The highest BCUT2D eigenvalue weighted by Gasteiger charge is 2.29. The highest BCUT2D eigenvalue weighted by atomic mass is 16.7. The van der Waals surface area contributed by atoms with E-state index in [1.807, 2.05) is 115 Å². The Bertz CT molecular complexity index is 1710. The monoisotopic (exact) mass is 615 g/mol. The lowest BCUT2D eigenvalue weighted by atomic mass is 10.1.